The summed E-state index contributed by atoms with van der Waals surface area (Å²) in [5.41, 5.74) is 3.24. The number of hydrogen-bond acceptors (Lipinski definition) is 1. The van der Waals surface area contributed by atoms with Crippen molar-refractivity contribution in [3.05, 3.63) is 59.7 Å². The molecule has 21 heavy (non-hydrogen) atoms. The van der Waals surface area contributed by atoms with Gasteiger partial charge in [0.1, 0.15) is 6.54 Å². The van der Waals surface area contributed by atoms with Crippen LogP contribution in [0.4, 0.5) is 13.2 Å². The van der Waals surface area contributed by atoms with Gasteiger partial charge in [-0.05, 0) is 30.2 Å². The van der Waals surface area contributed by atoms with Gasteiger partial charge in [-0.1, -0.05) is 42.0 Å². The summed E-state index contributed by atoms with van der Waals surface area (Å²) in [5, 5.41) is 1.84. The van der Waals surface area contributed by atoms with Crippen molar-refractivity contribution < 1.29 is 18.0 Å². The molecule has 0 spiro atoms. The Morgan fingerprint density at radius 2 is 1.43 bits per heavy atom. The van der Waals surface area contributed by atoms with Gasteiger partial charge in [0.15, 0.2) is 0 Å². The fourth-order valence-corrected chi connectivity index (χ4v) is 1.84. The van der Waals surface area contributed by atoms with Gasteiger partial charge in [0, 0.05) is 5.56 Å². The zero-order chi connectivity index (χ0) is 15.5. The molecule has 0 fully saturated rings. The standard InChI is InChI=1S/C16H14F3NO/c1-11-2-4-12(5-3-11)13-6-8-14(9-7-13)15(21)20-10-16(17,18)19/h2-9H,10H2,1H3,(H,20,21). The van der Waals surface area contributed by atoms with E-state index in [1.165, 1.54) is 12.1 Å². The maximum atomic E-state index is 12.0. The molecule has 0 aliphatic heterocycles. The predicted molar refractivity (Wildman–Crippen MR) is 75.0 cm³/mol. The molecular formula is C16H14F3NO. The molecule has 0 aliphatic carbocycles. The molecule has 110 valence electrons. The van der Waals surface area contributed by atoms with Crippen LogP contribution in [0.2, 0.25) is 0 Å². The molecule has 2 aromatic rings. The Kier molecular flexibility index (Phi) is 4.31. The van der Waals surface area contributed by atoms with E-state index in [0.717, 1.165) is 16.7 Å². The van der Waals surface area contributed by atoms with Crippen LogP contribution in [0.5, 0.6) is 0 Å². The van der Waals surface area contributed by atoms with Crippen LogP contribution in [0.25, 0.3) is 11.1 Å². The zero-order valence-electron chi connectivity index (χ0n) is 11.4. The molecule has 2 aromatic carbocycles. The Bertz CT molecular complexity index is 615. The van der Waals surface area contributed by atoms with Gasteiger partial charge in [0.25, 0.3) is 5.91 Å². The minimum atomic E-state index is -4.41. The molecule has 1 N–H and O–H groups in total. The summed E-state index contributed by atoms with van der Waals surface area (Å²) in [6.07, 6.45) is -4.41. The van der Waals surface area contributed by atoms with E-state index in [-0.39, 0.29) is 5.56 Å². The molecule has 5 heteroatoms. The van der Waals surface area contributed by atoms with Crippen molar-refractivity contribution in [2.24, 2.45) is 0 Å². The van der Waals surface area contributed by atoms with Crippen molar-refractivity contribution in [1.82, 2.24) is 5.32 Å². The second kappa shape index (κ2) is 5.99. The Labute approximate surface area is 120 Å². The van der Waals surface area contributed by atoms with Crippen LogP contribution >= 0.6 is 0 Å². The van der Waals surface area contributed by atoms with E-state index in [2.05, 4.69) is 0 Å². The molecular weight excluding hydrogens is 279 g/mol. The van der Waals surface area contributed by atoms with Crippen molar-refractivity contribution in [3.8, 4) is 11.1 Å². The minimum Gasteiger partial charge on any atom is -0.343 e. The van der Waals surface area contributed by atoms with E-state index in [0.29, 0.717) is 0 Å². The van der Waals surface area contributed by atoms with Crippen LogP contribution in [-0.4, -0.2) is 18.6 Å². The first-order chi connectivity index (χ1) is 9.85. The number of halogens is 3. The summed E-state index contributed by atoms with van der Waals surface area (Å²) in [7, 11) is 0. The SMILES string of the molecule is Cc1ccc(-c2ccc(C(=O)NCC(F)(F)F)cc2)cc1. The second-order valence-electron chi connectivity index (χ2n) is 4.74. The van der Waals surface area contributed by atoms with Gasteiger partial charge < -0.3 is 5.32 Å². The molecule has 0 bridgehead atoms. The van der Waals surface area contributed by atoms with Gasteiger partial charge in [-0.15, -0.1) is 0 Å². The van der Waals surface area contributed by atoms with Gasteiger partial charge in [-0.25, -0.2) is 0 Å². The first-order valence-electron chi connectivity index (χ1n) is 6.37. The number of amides is 1. The zero-order valence-corrected chi connectivity index (χ0v) is 11.4. The van der Waals surface area contributed by atoms with E-state index >= 15 is 0 Å². The second-order valence-corrected chi connectivity index (χ2v) is 4.74. The van der Waals surface area contributed by atoms with E-state index in [1.807, 2.05) is 36.5 Å². The lowest BCUT2D eigenvalue weighted by Crippen LogP contribution is -2.33. The summed E-state index contributed by atoms with van der Waals surface area (Å²) < 4.78 is 36.1. The lowest BCUT2D eigenvalue weighted by atomic mass is 10.0. The number of benzene rings is 2. The van der Waals surface area contributed by atoms with Gasteiger partial charge in [-0.3, -0.25) is 4.79 Å². The van der Waals surface area contributed by atoms with Crippen molar-refractivity contribution in [1.29, 1.82) is 0 Å². The summed E-state index contributed by atoms with van der Waals surface area (Å²) in [6.45, 7) is 0.656. The van der Waals surface area contributed by atoms with Gasteiger partial charge in [-0.2, -0.15) is 13.2 Å². The van der Waals surface area contributed by atoms with Crippen LogP contribution in [0.15, 0.2) is 48.5 Å². The fourth-order valence-electron chi connectivity index (χ4n) is 1.84. The summed E-state index contributed by atoms with van der Waals surface area (Å²) in [4.78, 5) is 11.6. The average Bonchev–Trinajstić information content (AvgIpc) is 2.45. The highest BCUT2D eigenvalue weighted by Crippen LogP contribution is 2.20. The molecule has 0 saturated carbocycles. The Morgan fingerprint density at radius 3 is 1.90 bits per heavy atom. The topological polar surface area (TPSA) is 29.1 Å². The average molecular weight is 293 g/mol. The lowest BCUT2D eigenvalue weighted by molar-refractivity contribution is -0.123. The number of alkyl halides is 3. The van der Waals surface area contributed by atoms with E-state index in [1.54, 1.807) is 12.1 Å². The first kappa shape index (κ1) is 15.1. The molecule has 0 aliphatic rings. The first-order valence-corrected chi connectivity index (χ1v) is 6.37. The van der Waals surface area contributed by atoms with Crippen LogP contribution < -0.4 is 5.32 Å². The summed E-state index contributed by atoms with van der Waals surface area (Å²) >= 11 is 0. The molecule has 0 heterocycles. The highest BCUT2D eigenvalue weighted by atomic mass is 19.4. The monoisotopic (exact) mass is 293 g/mol. The highest BCUT2D eigenvalue weighted by Gasteiger charge is 2.27. The lowest BCUT2D eigenvalue weighted by Gasteiger charge is -2.09. The number of nitrogens with one attached hydrogen (secondary N) is 1. The normalized spacial score (nSPS) is 11.2. The molecule has 0 saturated heterocycles. The molecule has 2 rings (SSSR count). The molecule has 2 nitrogen and oxygen atoms in total. The van der Waals surface area contributed by atoms with Crippen molar-refractivity contribution in [3.63, 3.8) is 0 Å². The van der Waals surface area contributed by atoms with Crippen LogP contribution in [0, 0.1) is 6.92 Å². The van der Waals surface area contributed by atoms with Crippen molar-refractivity contribution in [2.75, 3.05) is 6.54 Å². The minimum absolute atomic E-state index is 0.204. The maximum absolute atomic E-state index is 12.0. The van der Waals surface area contributed by atoms with Gasteiger partial charge in [0.2, 0.25) is 0 Å². The Balaban J connectivity index is 2.08. The summed E-state index contributed by atoms with van der Waals surface area (Å²) in [6, 6.07) is 14.3. The number of carbonyl (C=O) groups is 1. The van der Waals surface area contributed by atoms with E-state index in [9.17, 15) is 18.0 Å². The smallest absolute Gasteiger partial charge is 0.343 e. The molecule has 0 atom stereocenters. The number of hydrogen-bond donors (Lipinski definition) is 1. The Morgan fingerprint density at radius 1 is 0.952 bits per heavy atom. The van der Waals surface area contributed by atoms with Crippen LogP contribution in [0.3, 0.4) is 0 Å². The number of aryl methyl sites for hydroxylation is 1. The third kappa shape index (κ3) is 4.34. The van der Waals surface area contributed by atoms with Crippen molar-refractivity contribution >= 4 is 5.91 Å². The third-order valence-corrected chi connectivity index (χ3v) is 2.98. The molecule has 1 amide bonds. The predicted octanol–water partition coefficient (Wildman–Crippen LogP) is 3.95. The van der Waals surface area contributed by atoms with Gasteiger partial charge >= 0.3 is 6.18 Å². The van der Waals surface area contributed by atoms with Gasteiger partial charge in [0.05, 0.1) is 0 Å². The van der Waals surface area contributed by atoms with E-state index in [4.69, 9.17) is 0 Å². The van der Waals surface area contributed by atoms with Crippen LogP contribution in [0.1, 0.15) is 15.9 Å². The molecule has 0 unspecified atom stereocenters. The number of carbonyl (C=O) groups excluding carboxylic acids is 1. The largest absolute Gasteiger partial charge is 0.405 e. The third-order valence-electron chi connectivity index (χ3n) is 2.98. The Hall–Kier alpha value is -2.30. The van der Waals surface area contributed by atoms with Crippen LogP contribution in [-0.2, 0) is 0 Å². The number of rotatable bonds is 3. The molecule has 0 radical (unpaired) electrons. The van der Waals surface area contributed by atoms with Crippen molar-refractivity contribution in [2.45, 2.75) is 13.1 Å². The highest BCUT2D eigenvalue weighted by molar-refractivity contribution is 5.94. The fraction of sp³-hybridized carbons (Fsp3) is 0.188. The molecule has 0 aromatic heterocycles. The maximum Gasteiger partial charge on any atom is 0.405 e. The van der Waals surface area contributed by atoms with E-state index < -0.39 is 18.6 Å². The quantitative estimate of drug-likeness (QED) is 0.912. The summed E-state index contributed by atoms with van der Waals surface area (Å²) in [5.74, 6) is -0.734.